The Bertz CT molecular complexity index is 863. The summed E-state index contributed by atoms with van der Waals surface area (Å²) in [5.74, 6) is -2.50. The Morgan fingerprint density at radius 2 is 1.89 bits per heavy atom. The van der Waals surface area contributed by atoms with Gasteiger partial charge in [-0.2, -0.15) is 0 Å². The van der Waals surface area contributed by atoms with Gasteiger partial charge in [-0.1, -0.05) is 19.9 Å². The highest BCUT2D eigenvalue weighted by Gasteiger charge is 2.24. The number of anilines is 1. The van der Waals surface area contributed by atoms with Crippen LogP contribution < -0.4 is 10.6 Å². The van der Waals surface area contributed by atoms with Crippen LogP contribution in [0.1, 0.15) is 45.9 Å². The fraction of sp³-hybridized carbons (Fsp3) is 0.316. The Hall–Kier alpha value is -2.74. The zero-order valence-electron chi connectivity index (χ0n) is 15.2. The molecule has 144 valence electrons. The number of hydrogen-bond acceptors (Lipinski definition) is 4. The molecule has 8 heteroatoms. The number of hydrogen-bond donors (Lipinski definition) is 3. The maximum Gasteiger partial charge on any atom is 0.326 e. The maximum absolute atomic E-state index is 13.2. The highest BCUT2D eigenvalue weighted by molar-refractivity contribution is 7.18. The molecule has 0 aliphatic heterocycles. The van der Waals surface area contributed by atoms with Gasteiger partial charge in [-0.3, -0.25) is 9.59 Å². The number of benzene rings is 1. The zero-order chi connectivity index (χ0) is 20.1. The van der Waals surface area contributed by atoms with Gasteiger partial charge in [-0.15, -0.1) is 11.3 Å². The molecule has 0 aliphatic rings. The van der Waals surface area contributed by atoms with Gasteiger partial charge in [0.2, 0.25) is 0 Å². The number of halogens is 1. The van der Waals surface area contributed by atoms with Crippen LogP contribution in [0.25, 0.3) is 0 Å². The molecule has 0 unspecified atom stereocenters. The quantitative estimate of drug-likeness (QED) is 0.670. The molecule has 2 amide bonds. The average molecular weight is 392 g/mol. The van der Waals surface area contributed by atoms with Gasteiger partial charge in [-0.25, -0.2) is 9.18 Å². The van der Waals surface area contributed by atoms with Gasteiger partial charge in [0, 0.05) is 5.56 Å². The van der Waals surface area contributed by atoms with Crippen LogP contribution in [0.2, 0.25) is 0 Å². The van der Waals surface area contributed by atoms with E-state index in [1.165, 1.54) is 18.2 Å². The molecule has 1 aromatic heterocycles. The molecule has 0 spiro atoms. The summed E-state index contributed by atoms with van der Waals surface area (Å²) in [6.07, 6.45) is 0.314. The standard InChI is InChI=1S/C19H21FN2O4S/c1-10(2)7-14(19(25)26)21-18(24)16-11(3)8-15(27-16)22-17(23)12-5-4-6-13(20)9-12/h4-6,8-10,14H,7H2,1-3H3,(H,21,24)(H,22,23)(H,25,26)/t14-/m0/s1. The lowest BCUT2D eigenvalue weighted by molar-refractivity contribution is -0.139. The van der Waals surface area contributed by atoms with Crippen LogP contribution in [0.15, 0.2) is 30.3 Å². The van der Waals surface area contributed by atoms with Crippen LogP contribution in [0, 0.1) is 18.7 Å². The first kappa shape index (κ1) is 20.6. The summed E-state index contributed by atoms with van der Waals surface area (Å²) in [5, 5.41) is 14.8. The Balaban J connectivity index is 2.11. The Morgan fingerprint density at radius 3 is 2.48 bits per heavy atom. The fourth-order valence-corrected chi connectivity index (χ4v) is 3.47. The van der Waals surface area contributed by atoms with Crippen molar-refractivity contribution in [2.24, 2.45) is 5.92 Å². The van der Waals surface area contributed by atoms with Crippen molar-refractivity contribution in [3.63, 3.8) is 0 Å². The van der Waals surface area contributed by atoms with Gasteiger partial charge < -0.3 is 15.7 Å². The molecule has 0 saturated carbocycles. The number of amides is 2. The molecule has 0 saturated heterocycles. The van der Waals surface area contributed by atoms with E-state index >= 15 is 0 Å². The summed E-state index contributed by atoms with van der Waals surface area (Å²) in [6, 6.07) is 5.91. The topological polar surface area (TPSA) is 95.5 Å². The molecule has 0 fully saturated rings. The summed E-state index contributed by atoms with van der Waals surface area (Å²) in [6.45, 7) is 5.44. The van der Waals surface area contributed by atoms with E-state index in [1.807, 2.05) is 13.8 Å². The smallest absolute Gasteiger partial charge is 0.326 e. The molecule has 2 rings (SSSR count). The molecule has 1 atom stereocenters. The summed E-state index contributed by atoms with van der Waals surface area (Å²) in [4.78, 5) is 36.3. The third kappa shape index (κ3) is 5.62. The van der Waals surface area contributed by atoms with Crippen molar-refractivity contribution in [3.8, 4) is 0 Å². The van der Waals surface area contributed by atoms with E-state index in [2.05, 4.69) is 10.6 Å². The molecule has 27 heavy (non-hydrogen) atoms. The number of carbonyl (C=O) groups excluding carboxylic acids is 2. The summed E-state index contributed by atoms with van der Waals surface area (Å²) >= 11 is 1.04. The molecule has 3 N–H and O–H groups in total. The lowest BCUT2D eigenvalue weighted by Gasteiger charge is -2.16. The van der Waals surface area contributed by atoms with Crippen molar-refractivity contribution in [2.75, 3.05) is 5.32 Å². The molecular formula is C19H21FN2O4S. The molecule has 0 aliphatic carbocycles. The second-order valence-electron chi connectivity index (χ2n) is 6.58. The second kappa shape index (κ2) is 8.77. The van der Waals surface area contributed by atoms with Crippen LogP contribution in [-0.2, 0) is 4.79 Å². The Labute approximate surface area is 160 Å². The van der Waals surface area contributed by atoms with Crippen LogP contribution in [-0.4, -0.2) is 28.9 Å². The number of rotatable bonds is 7. The van der Waals surface area contributed by atoms with Crippen LogP contribution >= 0.6 is 11.3 Å². The van der Waals surface area contributed by atoms with Crippen molar-refractivity contribution >= 4 is 34.1 Å². The van der Waals surface area contributed by atoms with Crippen LogP contribution in [0.5, 0.6) is 0 Å². The number of aryl methyl sites for hydroxylation is 1. The number of carbonyl (C=O) groups is 3. The van der Waals surface area contributed by atoms with E-state index in [4.69, 9.17) is 0 Å². The van der Waals surface area contributed by atoms with E-state index in [9.17, 15) is 23.9 Å². The second-order valence-corrected chi connectivity index (χ2v) is 7.63. The first-order valence-electron chi connectivity index (χ1n) is 8.38. The van der Waals surface area contributed by atoms with Crippen LogP contribution in [0.3, 0.4) is 0 Å². The third-order valence-corrected chi connectivity index (χ3v) is 4.91. The highest BCUT2D eigenvalue weighted by Crippen LogP contribution is 2.27. The molecule has 1 heterocycles. The maximum atomic E-state index is 13.2. The van der Waals surface area contributed by atoms with Gasteiger partial charge in [0.15, 0.2) is 0 Å². The Kier molecular flexibility index (Phi) is 6.68. The number of carboxylic acids is 1. The lowest BCUT2D eigenvalue weighted by atomic mass is 10.0. The number of carboxylic acid groups (broad SMARTS) is 1. The van der Waals surface area contributed by atoms with Gasteiger partial charge in [0.25, 0.3) is 11.8 Å². The van der Waals surface area contributed by atoms with Crippen molar-refractivity contribution in [3.05, 3.63) is 52.2 Å². The fourth-order valence-electron chi connectivity index (χ4n) is 2.50. The van der Waals surface area contributed by atoms with E-state index in [0.717, 1.165) is 17.4 Å². The van der Waals surface area contributed by atoms with E-state index in [0.29, 0.717) is 21.9 Å². The predicted molar refractivity (Wildman–Crippen MR) is 102 cm³/mol. The number of thiophene rings is 1. The van der Waals surface area contributed by atoms with Gasteiger partial charge in [0.1, 0.15) is 11.9 Å². The zero-order valence-corrected chi connectivity index (χ0v) is 16.0. The lowest BCUT2D eigenvalue weighted by Crippen LogP contribution is -2.41. The molecular weight excluding hydrogens is 371 g/mol. The van der Waals surface area contributed by atoms with E-state index < -0.39 is 29.6 Å². The SMILES string of the molecule is Cc1cc(NC(=O)c2cccc(F)c2)sc1C(=O)N[C@@H](CC(C)C)C(=O)O. The first-order chi connectivity index (χ1) is 12.7. The summed E-state index contributed by atoms with van der Waals surface area (Å²) in [5.41, 5.74) is 0.774. The summed E-state index contributed by atoms with van der Waals surface area (Å²) < 4.78 is 13.2. The van der Waals surface area contributed by atoms with E-state index in [1.54, 1.807) is 13.0 Å². The minimum Gasteiger partial charge on any atom is -0.480 e. The normalized spacial score (nSPS) is 11.9. The van der Waals surface area contributed by atoms with Gasteiger partial charge in [-0.05, 0) is 49.1 Å². The average Bonchev–Trinajstić information content (AvgIpc) is 2.94. The first-order valence-corrected chi connectivity index (χ1v) is 9.20. The largest absolute Gasteiger partial charge is 0.480 e. The van der Waals surface area contributed by atoms with Crippen molar-refractivity contribution < 1.29 is 23.9 Å². The summed E-state index contributed by atoms with van der Waals surface area (Å²) in [7, 11) is 0. The molecule has 0 radical (unpaired) electrons. The van der Waals surface area contributed by atoms with Crippen LogP contribution in [0.4, 0.5) is 9.39 Å². The monoisotopic (exact) mass is 392 g/mol. The van der Waals surface area contributed by atoms with Crippen molar-refractivity contribution in [1.29, 1.82) is 0 Å². The Morgan fingerprint density at radius 1 is 1.19 bits per heavy atom. The number of aliphatic carboxylic acids is 1. The van der Waals surface area contributed by atoms with Crippen molar-refractivity contribution in [2.45, 2.75) is 33.2 Å². The van der Waals surface area contributed by atoms with E-state index in [-0.39, 0.29) is 11.5 Å². The molecule has 6 nitrogen and oxygen atoms in total. The highest BCUT2D eigenvalue weighted by atomic mass is 32.1. The van der Waals surface area contributed by atoms with Gasteiger partial charge >= 0.3 is 5.97 Å². The minimum absolute atomic E-state index is 0.108. The molecule has 2 aromatic rings. The number of nitrogens with one attached hydrogen (secondary N) is 2. The molecule has 0 bridgehead atoms. The molecule has 1 aromatic carbocycles. The van der Waals surface area contributed by atoms with Crippen molar-refractivity contribution in [1.82, 2.24) is 5.32 Å². The van der Waals surface area contributed by atoms with Gasteiger partial charge in [0.05, 0.1) is 9.88 Å². The predicted octanol–water partition coefficient (Wildman–Crippen LogP) is 3.68. The minimum atomic E-state index is -1.09. The third-order valence-electron chi connectivity index (χ3n) is 3.76.